The molecule has 2 heterocycles. The summed E-state index contributed by atoms with van der Waals surface area (Å²) < 4.78 is 5.68. The van der Waals surface area contributed by atoms with Gasteiger partial charge in [-0.05, 0) is 31.9 Å². The molecule has 1 aliphatic heterocycles. The standard InChI is InChI=1S/C15H20N4O/c1-2-20-15-14(19-9-5-6-11(16)10-19)17-12-7-3-4-8-13(12)18-15/h3-4,7-8,11H,2,5-6,9-10,16H2,1H3/t11-/m1/s1. The van der Waals surface area contributed by atoms with Crippen molar-refractivity contribution in [2.24, 2.45) is 5.73 Å². The first-order valence-corrected chi connectivity index (χ1v) is 7.18. The van der Waals surface area contributed by atoms with Gasteiger partial charge in [0.2, 0.25) is 0 Å². The Balaban J connectivity index is 2.04. The zero-order valence-electron chi connectivity index (χ0n) is 11.7. The van der Waals surface area contributed by atoms with E-state index in [2.05, 4.69) is 9.88 Å². The number of benzene rings is 1. The van der Waals surface area contributed by atoms with Crippen molar-refractivity contribution in [3.63, 3.8) is 0 Å². The lowest BCUT2D eigenvalue weighted by Crippen LogP contribution is -2.43. The molecule has 0 spiro atoms. The largest absolute Gasteiger partial charge is 0.475 e. The molecule has 1 aromatic heterocycles. The van der Waals surface area contributed by atoms with Crippen LogP contribution in [0.3, 0.4) is 0 Å². The highest BCUT2D eigenvalue weighted by Gasteiger charge is 2.22. The molecule has 20 heavy (non-hydrogen) atoms. The van der Waals surface area contributed by atoms with Gasteiger partial charge in [-0.15, -0.1) is 0 Å². The fourth-order valence-corrected chi connectivity index (χ4v) is 2.62. The maximum atomic E-state index is 6.07. The number of hydrogen-bond acceptors (Lipinski definition) is 5. The van der Waals surface area contributed by atoms with Crippen molar-refractivity contribution < 1.29 is 4.74 Å². The Bertz CT molecular complexity index is 601. The van der Waals surface area contributed by atoms with Crippen molar-refractivity contribution in [3.05, 3.63) is 24.3 Å². The van der Waals surface area contributed by atoms with Gasteiger partial charge >= 0.3 is 0 Å². The molecule has 1 saturated heterocycles. The van der Waals surface area contributed by atoms with Gasteiger partial charge in [-0.1, -0.05) is 12.1 Å². The van der Waals surface area contributed by atoms with Gasteiger partial charge in [-0.25, -0.2) is 9.97 Å². The van der Waals surface area contributed by atoms with E-state index in [0.29, 0.717) is 12.5 Å². The van der Waals surface area contributed by atoms with Crippen LogP contribution in [0.5, 0.6) is 5.88 Å². The van der Waals surface area contributed by atoms with Crippen molar-refractivity contribution in [1.29, 1.82) is 0 Å². The van der Waals surface area contributed by atoms with E-state index in [-0.39, 0.29) is 6.04 Å². The summed E-state index contributed by atoms with van der Waals surface area (Å²) in [7, 11) is 0. The van der Waals surface area contributed by atoms with Gasteiger partial charge in [0.05, 0.1) is 17.6 Å². The van der Waals surface area contributed by atoms with Gasteiger partial charge in [-0.3, -0.25) is 0 Å². The molecule has 1 atom stereocenters. The first-order valence-electron chi connectivity index (χ1n) is 7.18. The van der Waals surface area contributed by atoms with Crippen LogP contribution in [0.4, 0.5) is 5.82 Å². The molecule has 1 fully saturated rings. The first-order chi connectivity index (χ1) is 9.78. The third-order valence-electron chi connectivity index (χ3n) is 3.56. The summed E-state index contributed by atoms with van der Waals surface area (Å²) in [4.78, 5) is 11.5. The maximum Gasteiger partial charge on any atom is 0.258 e. The van der Waals surface area contributed by atoms with Gasteiger partial charge in [-0.2, -0.15) is 0 Å². The summed E-state index contributed by atoms with van der Waals surface area (Å²) in [6.45, 7) is 4.32. The minimum Gasteiger partial charge on any atom is -0.475 e. The second-order valence-corrected chi connectivity index (χ2v) is 5.12. The fourth-order valence-electron chi connectivity index (χ4n) is 2.62. The van der Waals surface area contributed by atoms with Crippen molar-refractivity contribution in [1.82, 2.24) is 9.97 Å². The molecule has 3 rings (SSSR count). The number of rotatable bonds is 3. The summed E-state index contributed by atoms with van der Waals surface area (Å²) in [6, 6.07) is 8.07. The van der Waals surface area contributed by atoms with E-state index in [4.69, 9.17) is 15.5 Å². The van der Waals surface area contributed by atoms with Crippen LogP contribution in [-0.4, -0.2) is 35.7 Å². The zero-order chi connectivity index (χ0) is 13.9. The Morgan fingerprint density at radius 3 is 2.75 bits per heavy atom. The molecule has 5 nitrogen and oxygen atoms in total. The first kappa shape index (κ1) is 13.1. The van der Waals surface area contributed by atoms with E-state index in [0.717, 1.165) is 42.8 Å². The topological polar surface area (TPSA) is 64.3 Å². The molecular weight excluding hydrogens is 252 g/mol. The summed E-state index contributed by atoms with van der Waals surface area (Å²) in [5.41, 5.74) is 7.82. The molecule has 5 heteroatoms. The highest BCUT2D eigenvalue weighted by molar-refractivity contribution is 5.77. The summed E-state index contributed by atoms with van der Waals surface area (Å²) >= 11 is 0. The Morgan fingerprint density at radius 1 is 1.30 bits per heavy atom. The van der Waals surface area contributed by atoms with Crippen LogP contribution < -0.4 is 15.4 Å². The minimum absolute atomic E-state index is 0.200. The second kappa shape index (κ2) is 5.63. The number of ether oxygens (including phenoxy) is 1. The molecule has 0 radical (unpaired) electrons. The number of para-hydroxylation sites is 2. The third kappa shape index (κ3) is 2.54. The molecule has 106 valence electrons. The van der Waals surface area contributed by atoms with E-state index in [1.54, 1.807) is 0 Å². The van der Waals surface area contributed by atoms with Gasteiger partial charge in [0, 0.05) is 19.1 Å². The Kier molecular flexibility index (Phi) is 3.69. The van der Waals surface area contributed by atoms with Crippen molar-refractivity contribution >= 4 is 16.9 Å². The number of nitrogens with two attached hydrogens (primary N) is 1. The van der Waals surface area contributed by atoms with Crippen LogP contribution in [0.25, 0.3) is 11.0 Å². The lowest BCUT2D eigenvalue weighted by atomic mass is 10.1. The fraction of sp³-hybridized carbons (Fsp3) is 0.467. The summed E-state index contributed by atoms with van der Waals surface area (Å²) in [6.07, 6.45) is 2.16. The highest BCUT2D eigenvalue weighted by Crippen LogP contribution is 2.28. The highest BCUT2D eigenvalue weighted by atomic mass is 16.5. The van der Waals surface area contributed by atoms with Crippen LogP contribution in [0.2, 0.25) is 0 Å². The smallest absolute Gasteiger partial charge is 0.258 e. The number of piperidine rings is 1. The van der Waals surface area contributed by atoms with Crippen LogP contribution in [-0.2, 0) is 0 Å². The molecule has 0 saturated carbocycles. The molecule has 1 aromatic carbocycles. The predicted molar refractivity (Wildman–Crippen MR) is 80.1 cm³/mol. The number of aromatic nitrogens is 2. The van der Waals surface area contributed by atoms with Crippen molar-refractivity contribution in [2.45, 2.75) is 25.8 Å². The van der Waals surface area contributed by atoms with E-state index < -0.39 is 0 Å². The molecule has 0 amide bonds. The summed E-state index contributed by atoms with van der Waals surface area (Å²) in [5.74, 6) is 1.43. The molecule has 1 aliphatic rings. The van der Waals surface area contributed by atoms with Crippen molar-refractivity contribution in [2.75, 3.05) is 24.6 Å². The zero-order valence-corrected chi connectivity index (χ0v) is 11.7. The molecular formula is C15H20N4O. The number of fused-ring (bicyclic) bond motifs is 1. The minimum atomic E-state index is 0.200. The lowest BCUT2D eigenvalue weighted by Gasteiger charge is -2.32. The average Bonchev–Trinajstić information content (AvgIpc) is 2.47. The average molecular weight is 272 g/mol. The number of anilines is 1. The van der Waals surface area contributed by atoms with E-state index >= 15 is 0 Å². The quantitative estimate of drug-likeness (QED) is 0.925. The molecule has 0 unspecified atom stereocenters. The van der Waals surface area contributed by atoms with E-state index in [9.17, 15) is 0 Å². The molecule has 2 aromatic rings. The number of hydrogen-bond donors (Lipinski definition) is 1. The normalized spacial score (nSPS) is 19.3. The van der Waals surface area contributed by atoms with Gasteiger partial charge in [0.1, 0.15) is 0 Å². The number of nitrogens with zero attached hydrogens (tertiary/aromatic N) is 3. The molecule has 0 bridgehead atoms. The molecule has 0 aliphatic carbocycles. The predicted octanol–water partition coefficient (Wildman–Crippen LogP) is 1.96. The Hall–Kier alpha value is -1.88. The van der Waals surface area contributed by atoms with Gasteiger partial charge in [0.15, 0.2) is 5.82 Å². The van der Waals surface area contributed by atoms with Crippen LogP contribution in [0.1, 0.15) is 19.8 Å². The van der Waals surface area contributed by atoms with E-state index in [1.165, 1.54) is 0 Å². The summed E-state index contributed by atoms with van der Waals surface area (Å²) in [5, 5.41) is 0. The van der Waals surface area contributed by atoms with Gasteiger partial charge < -0.3 is 15.4 Å². The SMILES string of the molecule is CCOc1nc2ccccc2nc1N1CCC[C@@H](N)C1. The van der Waals surface area contributed by atoms with Crippen LogP contribution in [0, 0.1) is 0 Å². The maximum absolute atomic E-state index is 6.07. The van der Waals surface area contributed by atoms with Crippen LogP contribution in [0.15, 0.2) is 24.3 Å². The lowest BCUT2D eigenvalue weighted by molar-refractivity contribution is 0.325. The monoisotopic (exact) mass is 272 g/mol. The molecule has 2 N–H and O–H groups in total. The Morgan fingerprint density at radius 2 is 2.05 bits per heavy atom. The van der Waals surface area contributed by atoms with Crippen LogP contribution >= 0.6 is 0 Å². The third-order valence-corrected chi connectivity index (χ3v) is 3.56. The van der Waals surface area contributed by atoms with Gasteiger partial charge in [0.25, 0.3) is 5.88 Å². The second-order valence-electron chi connectivity index (χ2n) is 5.12. The Labute approximate surface area is 118 Å². The van der Waals surface area contributed by atoms with Crippen molar-refractivity contribution in [3.8, 4) is 5.88 Å². The van der Waals surface area contributed by atoms with E-state index in [1.807, 2.05) is 31.2 Å².